The second kappa shape index (κ2) is 4.54. The Labute approximate surface area is 109 Å². The maximum atomic E-state index is 12.6. The van der Waals surface area contributed by atoms with Crippen molar-refractivity contribution in [1.29, 1.82) is 0 Å². The lowest BCUT2D eigenvalue weighted by Crippen LogP contribution is -2.19. The quantitative estimate of drug-likeness (QED) is 0.920. The van der Waals surface area contributed by atoms with Gasteiger partial charge in [0.15, 0.2) is 5.82 Å². The zero-order valence-electron chi connectivity index (χ0n) is 9.15. The fourth-order valence-electron chi connectivity index (χ4n) is 1.39. The lowest BCUT2D eigenvalue weighted by molar-refractivity contribution is -0.141. The van der Waals surface area contributed by atoms with E-state index in [2.05, 4.69) is 10.1 Å². The number of halogens is 4. The summed E-state index contributed by atoms with van der Waals surface area (Å²) in [6.07, 6.45) is -2.22. The number of nitrogens with two attached hydrogens (primary N) is 1. The molecule has 0 aromatic carbocycles. The van der Waals surface area contributed by atoms with Gasteiger partial charge in [-0.15, -0.1) is 0 Å². The highest BCUT2D eigenvalue weighted by molar-refractivity contribution is 6.30. The molecule has 2 N–H and O–H groups in total. The predicted molar refractivity (Wildman–Crippen MR) is 59.9 cm³/mol. The normalized spacial score (nSPS) is 11.6. The van der Waals surface area contributed by atoms with E-state index in [1.807, 2.05) is 0 Å². The maximum absolute atomic E-state index is 12.6. The Morgan fingerprint density at radius 1 is 1.37 bits per heavy atom. The van der Waals surface area contributed by atoms with Crippen molar-refractivity contribution in [2.45, 2.75) is 6.18 Å². The van der Waals surface area contributed by atoms with Gasteiger partial charge in [0, 0.05) is 0 Å². The second-order valence-corrected chi connectivity index (χ2v) is 3.97. The highest BCUT2D eigenvalue weighted by Crippen LogP contribution is 2.29. The third-order valence-corrected chi connectivity index (χ3v) is 2.39. The molecule has 2 rings (SSSR count). The molecule has 100 valence electrons. The molecule has 2 aromatic heterocycles. The van der Waals surface area contributed by atoms with Crippen LogP contribution in [-0.4, -0.2) is 20.7 Å². The summed E-state index contributed by atoms with van der Waals surface area (Å²) in [6, 6.07) is 1.62. The molecule has 0 unspecified atom stereocenters. The number of carbonyl (C=O) groups is 1. The number of carbonyl (C=O) groups excluding carboxylic acids is 1. The smallest absolute Gasteiger partial charge is 0.365 e. The van der Waals surface area contributed by atoms with E-state index < -0.39 is 17.8 Å². The molecule has 9 heteroatoms. The van der Waals surface area contributed by atoms with Crippen molar-refractivity contribution in [2.75, 3.05) is 0 Å². The molecule has 0 bridgehead atoms. The van der Waals surface area contributed by atoms with Crippen LogP contribution < -0.4 is 5.73 Å². The molecule has 0 atom stereocenters. The van der Waals surface area contributed by atoms with E-state index in [1.54, 1.807) is 0 Å². The Kier molecular flexibility index (Phi) is 3.19. The molecule has 0 aliphatic heterocycles. The van der Waals surface area contributed by atoms with E-state index >= 15 is 0 Å². The predicted octanol–water partition coefficient (Wildman–Crippen LogP) is 2.04. The first-order valence-electron chi connectivity index (χ1n) is 4.87. The van der Waals surface area contributed by atoms with Crippen LogP contribution in [-0.2, 0) is 6.18 Å². The average molecular weight is 291 g/mol. The van der Waals surface area contributed by atoms with Crippen LogP contribution in [0.2, 0.25) is 5.02 Å². The molecule has 1 amide bonds. The zero-order chi connectivity index (χ0) is 14.2. The van der Waals surface area contributed by atoms with Crippen molar-refractivity contribution in [3.8, 4) is 5.82 Å². The summed E-state index contributed by atoms with van der Waals surface area (Å²) in [4.78, 5) is 14.6. The molecule has 0 fully saturated rings. The number of amides is 1. The van der Waals surface area contributed by atoms with Crippen LogP contribution in [0.25, 0.3) is 5.82 Å². The minimum atomic E-state index is -4.64. The number of primary amides is 1. The molecule has 0 saturated carbocycles. The molecule has 0 saturated heterocycles. The van der Waals surface area contributed by atoms with Gasteiger partial charge in [-0.2, -0.15) is 18.3 Å². The SMILES string of the molecule is NC(=O)c1ccc(C(F)(F)F)nc1-n1cc(Cl)cn1. The first kappa shape index (κ1) is 13.3. The van der Waals surface area contributed by atoms with E-state index in [0.717, 1.165) is 10.7 Å². The summed E-state index contributed by atoms with van der Waals surface area (Å²) < 4.78 is 38.7. The monoisotopic (exact) mass is 290 g/mol. The van der Waals surface area contributed by atoms with Crippen molar-refractivity contribution in [1.82, 2.24) is 14.8 Å². The number of aromatic nitrogens is 3. The van der Waals surface area contributed by atoms with Gasteiger partial charge in [-0.1, -0.05) is 11.6 Å². The van der Waals surface area contributed by atoms with Crippen LogP contribution in [0.5, 0.6) is 0 Å². The number of hydrogen-bond acceptors (Lipinski definition) is 3. The molecular weight excluding hydrogens is 285 g/mol. The summed E-state index contributed by atoms with van der Waals surface area (Å²) >= 11 is 5.62. The fraction of sp³-hybridized carbons (Fsp3) is 0.100. The Morgan fingerprint density at radius 3 is 2.53 bits per heavy atom. The lowest BCUT2D eigenvalue weighted by atomic mass is 10.2. The van der Waals surface area contributed by atoms with Crippen molar-refractivity contribution in [3.63, 3.8) is 0 Å². The largest absolute Gasteiger partial charge is 0.433 e. The van der Waals surface area contributed by atoms with Gasteiger partial charge in [-0.05, 0) is 12.1 Å². The van der Waals surface area contributed by atoms with Crippen LogP contribution in [0, 0.1) is 0 Å². The third kappa shape index (κ3) is 2.68. The van der Waals surface area contributed by atoms with E-state index in [4.69, 9.17) is 17.3 Å². The van der Waals surface area contributed by atoms with E-state index in [9.17, 15) is 18.0 Å². The molecule has 0 aliphatic carbocycles. The Morgan fingerprint density at radius 2 is 2.05 bits per heavy atom. The van der Waals surface area contributed by atoms with Gasteiger partial charge < -0.3 is 5.73 Å². The van der Waals surface area contributed by atoms with Crippen molar-refractivity contribution >= 4 is 17.5 Å². The molecule has 0 spiro atoms. The summed E-state index contributed by atoms with van der Waals surface area (Å²) in [5.74, 6) is -1.24. The Bertz CT molecular complexity index is 638. The Balaban J connectivity index is 2.64. The maximum Gasteiger partial charge on any atom is 0.433 e. The number of nitrogens with zero attached hydrogens (tertiary/aromatic N) is 3. The van der Waals surface area contributed by atoms with Crippen LogP contribution in [0.4, 0.5) is 13.2 Å². The first-order valence-corrected chi connectivity index (χ1v) is 5.25. The van der Waals surface area contributed by atoms with E-state index in [0.29, 0.717) is 6.07 Å². The molecule has 5 nitrogen and oxygen atoms in total. The minimum Gasteiger partial charge on any atom is -0.365 e. The third-order valence-electron chi connectivity index (χ3n) is 2.20. The van der Waals surface area contributed by atoms with E-state index in [-0.39, 0.29) is 16.4 Å². The topological polar surface area (TPSA) is 73.8 Å². The molecule has 2 heterocycles. The second-order valence-electron chi connectivity index (χ2n) is 3.53. The van der Waals surface area contributed by atoms with Crippen LogP contribution in [0.15, 0.2) is 24.5 Å². The van der Waals surface area contributed by atoms with Crippen LogP contribution >= 0.6 is 11.6 Å². The fourth-order valence-corrected chi connectivity index (χ4v) is 1.53. The lowest BCUT2D eigenvalue weighted by Gasteiger charge is -2.10. The Hall–Kier alpha value is -2.09. The van der Waals surface area contributed by atoms with Crippen molar-refractivity contribution < 1.29 is 18.0 Å². The number of alkyl halides is 3. The number of pyridine rings is 1. The average Bonchev–Trinajstić information content (AvgIpc) is 2.73. The van der Waals surface area contributed by atoms with Crippen LogP contribution in [0.1, 0.15) is 16.1 Å². The van der Waals surface area contributed by atoms with Gasteiger partial charge in [0.1, 0.15) is 5.69 Å². The first-order chi connectivity index (χ1) is 8.79. The van der Waals surface area contributed by atoms with Gasteiger partial charge in [0.25, 0.3) is 5.91 Å². The van der Waals surface area contributed by atoms with Crippen molar-refractivity contribution in [2.24, 2.45) is 5.73 Å². The highest BCUT2D eigenvalue weighted by atomic mass is 35.5. The summed E-state index contributed by atoms with van der Waals surface area (Å²) in [5, 5.41) is 3.89. The molecule has 0 radical (unpaired) electrons. The highest BCUT2D eigenvalue weighted by Gasteiger charge is 2.33. The van der Waals surface area contributed by atoms with Gasteiger partial charge in [0.2, 0.25) is 0 Å². The standard InChI is InChI=1S/C10H6ClF3N4O/c11-5-3-16-18(4-5)9-6(8(15)19)1-2-7(17-9)10(12,13)14/h1-4H,(H2,15,19). The molecule has 2 aromatic rings. The van der Waals surface area contributed by atoms with Gasteiger partial charge in [-0.3, -0.25) is 4.79 Å². The zero-order valence-corrected chi connectivity index (χ0v) is 9.90. The van der Waals surface area contributed by atoms with Gasteiger partial charge >= 0.3 is 6.18 Å². The number of rotatable bonds is 2. The van der Waals surface area contributed by atoms with Gasteiger partial charge in [-0.25, -0.2) is 9.67 Å². The summed E-state index contributed by atoms with van der Waals surface area (Å²) in [6.45, 7) is 0. The molecular formula is C10H6ClF3N4O. The molecule has 19 heavy (non-hydrogen) atoms. The van der Waals surface area contributed by atoms with Gasteiger partial charge in [0.05, 0.1) is 23.0 Å². The summed E-state index contributed by atoms with van der Waals surface area (Å²) in [5.41, 5.74) is 3.74. The minimum absolute atomic E-state index is 0.187. The van der Waals surface area contributed by atoms with Crippen LogP contribution in [0.3, 0.4) is 0 Å². The summed E-state index contributed by atoms with van der Waals surface area (Å²) in [7, 11) is 0. The van der Waals surface area contributed by atoms with Crippen molar-refractivity contribution in [3.05, 3.63) is 40.8 Å². The molecule has 0 aliphatic rings. The van der Waals surface area contributed by atoms with E-state index in [1.165, 1.54) is 12.4 Å². The number of hydrogen-bond donors (Lipinski definition) is 1.